The van der Waals surface area contributed by atoms with Crippen LogP contribution in [0.5, 0.6) is 11.5 Å². The molecule has 6 heteroatoms. The van der Waals surface area contributed by atoms with Crippen LogP contribution in [0, 0.1) is 0 Å². The Morgan fingerprint density at radius 2 is 2.00 bits per heavy atom. The third-order valence-corrected chi connectivity index (χ3v) is 3.22. The lowest BCUT2D eigenvalue weighted by Crippen LogP contribution is -2.52. The summed E-state index contributed by atoms with van der Waals surface area (Å²) in [6.07, 6.45) is 1.12. The van der Waals surface area contributed by atoms with E-state index in [0.29, 0.717) is 18.6 Å². The van der Waals surface area contributed by atoms with E-state index in [4.69, 9.17) is 9.47 Å². The fraction of sp³-hybridized carbons (Fsp3) is 0.467. The predicted octanol–water partition coefficient (Wildman–Crippen LogP) is 1.86. The van der Waals surface area contributed by atoms with E-state index in [1.807, 2.05) is 6.92 Å². The summed E-state index contributed by atoms with van der Waals surface area (Å²) < 4.78 is 9.76. The molecule has 0 radical (unpaired) electrons. The number of hydrogen-bond donors (Lipinski definition) is 2. The monoisotopic (exact) mass is 295 g/mol. The lowest BCUT2D eigenvalue weighted by atomic mass is 9.95. The van der Waals surface area contributed by atoms with Gasteiger partial charge in [0, 0.05) is 0 Å². The van der Waals surface area contributed by atoms with Gasteiger partial charge in [-0.25, -0.2) is 4.79 Å². The molecule has 0 aromatic heterocycles. The van der Waals surface area contributed by atoms with Crippen molar-refractivity contribution in [1.29, 1.82) is 0 Å². The number of carbonyl (C=O) groups excluding carboxylic acids is 2. The number of benzene rings is 1. The molecule has 0 saturated carbocycles. The Balaban J connectivity index is 3.05. The first-order chi connectivity index (χ1) is 9.87. The number of methoxy groups -OCH3 is 2. The van der Waals surface area contributed by atoms with Crippen LogP contribution in [0.25, 0.3) is 0 Å². The van der Waals surface area contributed by atoms with E-state index in [2.05, 4.69) is 5.32 Å². The highest BCUT2D eigenvalue weighted by Crippen LogP contribution is 2.24. The second kappa shape index (κ2) is 6.97. The number of esters is 1. The van der Waals surface area contributed by atoms with E-state index in [1.54, 1.807) is 6.92 Å². The van der Waals surface area contributed by atoms with Crippen LogP contribution >= 0.6 is 0 Å². The number of phenolic OH excluding ortho intramolecular Hbond substituents is 1. The highest BCUT2D eigenvalue weighted by molar-refractivity contribution is 6.00. The van der Waals surface area contributed by atoms with Crippen molar-refractivity contribution in [3.8, 4) is 11.5 Å². The molecule has 0 heterocycles. The van der Waals surface area contributed by atoms with Gasteiger partial charge in [0.15, 0.2) is 0 Å². The third kappa shape index (κ3) is 3.87. The Morgan fingerprint density at radius 3 is 2.52 bits per heavy atom. The zero-order chi connectivity index (χ0) is 16.0. The first-order valence-electron chi connectivity index (χ1n) is 6.66. The molecule has 1 amide bonds. The topological polar surface area (TPSA) is 84.9 Å². The lowest BCUT2D eigenvalue weighted by Gasteiger charge is -2.27. The Morgan fingerprint density at radius 1 is 1.33 bits per heavy atom. The Bertz CT molecular complexity index is 529. The number of ether oxygens (including phenoxy) is 2. The summed E-state index contributed by atoms with van der Waals surface area (Å²) in [4.78, 5) is 24.2. The van der Waals surface area contributed by atoms with Crippen molar-refractivity contribution in [3.05, 3.63) is 23.8 Å². The van der Waals surface area contributed by atoms with Crippen LogP contribution < -0.4 is 10.1 Å². The van der Waals surface area contributed by atoms with E-state index in [0.717, 1.165) is 0 Å². The number of amides is 1. The number of aromatic hydroxyl groups is 1. The summed E-state index contributed by atoms with van der Waals surface area (Å²) in [6.45, 7) is 3.49. The average molecular weight is 295 g/mol. The molecule has 21 heavy (non-hydrogen) atoms. The van der Waals surface area contributed by atoms with Gasteiger partial charge in [-0.1, -0.05) is 13.3 Å². The number of rotatable bonds is 6. The van der Waals surface area contributed by atoms with E-state index < -0.39 is 17.4 Å². The van der Waals surface area contributed by atoms with Gasteiger partial charge in [0.2, 0.25) is 0 Å². The molecule has 1 rings (SSSR count). The van der Waals surface area contributed by atoms with Crippen molar-refractivity contribution in [2.45, 2.75) is 32.2 Å². The molecule has 0 aliphatic heterocycles. The van der Waals surface area contributed by atoms with Crippen LogP contribution in [-0.2, 0) is 9.53 Å². The minimum atomic E-state index is -1.14. The molecule has 0 unspecified atom stereocenters. The Hall–Kier alpha value is -2.24. The van der Waals surface area contributed by atoms with Gasteiger partial charge in [-0.05, 0) is 31.5 Å². The molecular formula is C15H21NO5. The minimum absolute atomic E-state index is 0.0422. The number of nitrogens with one attached hydrogen (secondary N) is 1. The first-order valence-corrected chi connectivity index (χ1v) is 6.66. The van der Waals surface area contributed by atoms with E-state index in [9.17, 15) is 14.7 Å². The molecule has 0 fully saturated rings. The third-order valence-electron chi connectivity index (χ3n) is 3.22. The van der Waals surface area contributed by atoms with E-state index in [-0.39, 0.29) is 11.3 Å². The summed E-state index contributed by atoms with van der Waals surface area (Å²) in [5.74, 6) is -0.835. The summed E-state index contributed by atoms with van der Waals surface area (Å²) in [5, 5.41) is 12.4. The average Bonchev–Trinajstić information content (AvgIpc) is 2.46. The predicted molar refractivity (Wildman–Crippen MR) is 77.5 cm³/mol. The van der Waals surface area contributed by atoms with Crippen LogP contribution in [0.1, 0.15) is 37.0 Å². The zero-order valence-corrected chi connectivity index (χ0v) is 12.7. The van der Waals surface area contributed by atoms with Crippen LogP contribution in [-0.4, -0.2) is 36.7 Å². The highest BCUT2D eigenvalue weighted by Gasteiger charge is 2.35. The van der Waals surface area contributed by atoms with Crippen LogP contribution in [0.3, 0.4) is 0 Å². The van der Waals surface area contributed by atoms with Crippen molar-refractivity contribution < 1.29 is 24.2 Å². The molecule has 2 N–H and O–H groups in total. The van der Waals surface area contributed by atoms with Crippen molar-refractivity contribution in [3.63, 3.8) is 0 Å². The van der Waals surface area contributed by atoms with Crippen LogP contribution in [0.15, 0.2) is 18.2 Å². The largest absolute Gasteiger partial charge is 0.507 e. The molecule has 6 nitrogen and oxygen atoms in total. The van der Waals surface area contributed by atoms with Gasteiger partial charge in [0.05, 0.1) is 19.8 Å². The second-order valence-electron chi connectivity index (χ2n) is 4.91. The number of carbonyl (C=O) groups is 2. The maximum absolute atomic E-state index is 12.3. The molecule has 0 bridgehead atoms. The number of phenols is 1. The molecule has 0 aliphatic carbocycles. The molecular weight excluding hydrogens is 274 g/mol. The highest BCUT2D eigenvalue weighted by atomic mass is 16.5. The van der Waals surface area contributed by atoms with Crippen molar-refractivity contribution in [2.24, 2.45) is 0 Å². The SMILES string of the molecule is CCC[C@](C)(NC(=O)c1cc(OC)ccc1O)C(=O)OC. The Kier molecular flexibility index (Phi) is 5.58. The van der Waals surface area contributed by atoms with Crippen LogP contribution in [0.2, 0.25) is 0 Å². The van der Waals surface area contributed by atoms with Crippen molar-refractivity contribution in [1.82, 2.24) is 5.32 Å². The fourth-order valence-electron chi connectivity index (χ4n) is 2.08. The standard InChI is InChI=1S/C15H21NO5/c1-5-8-15(2,14(19)21-4)16-13(18)11-9-10(20-3)6-7-12(11)17/h6-7,9,17H,5,8H2,1-4H3,(H,16,18)/t15-/m0/s1. The molecule has 0 spiro atoms. The zero-order valence-electron chi connectivity index (χ0n) is 12.7. The molecule has 116 valence electrons. The molecule has 0 aliphatic rings. The van der Waals surface area contributed by atoms with E-state index in [1.165, 1.54) is 32.4 Å². The van der Waals surface area contributed by atoms with Gasteiger partial charge < -0.3 is 19.9 Å². The maximum Gasteiger partial charge on any atom is 0.331 e. The van der Waals surface area contributed by atoms with Crippen molar-refractivity contribution >= 4 is 11.9 Å². The molecule has 0 saturated heterocycles. The second-order valence-corrected chi connectivity index (χ2v) is 4.91. The van der Waals surface area contributed by atoms with Gasteiger partial charge in [0.1, 0.15) is 17.0 Å². The summed E-state index contributed by atoms with van der Waals surface area (Å²) >= 11 is 0. The summed E-state index contributed by atoms with van der Waals surface area (Å²) in [5.41, 5.74) is -1.10. The van der Waals surface area contributed by atoms with E-state index >= 15 is 0 Å². The van der Waals surface area contributed by atoms with Gasteiger partial charge in [-0.15, -0.1) is 0 Å². The Labute approximate surface area is 124 Å². The van der Waals surface area contributed by atoms with Gasteiger partial charge in [-0.2, -0.15) is 0 Å². The minimum Gasteiger partial charge on any atom is -0.507 e. The molecule has 1 atom stereocenters. The van der Waals surface area contributed by atoms with Gasteiger partial charge in [-0.3, -0.25) is 4.79 Å². The molecule has 1 aromatic carbocycles. The smallest absolute Gasteiger partial charge is 0.331 e. The number of hydrogen-bond acceptors (Lipinski definition) is 5. The van der Waals surface area contributed by atoms with Crippen LogP contribution in [0.4, 0.5) is 0 Å². The van der Waals surface area contributed by atoms with Gasteiger partial charge >= 0.3 is 5.97 Å². The maximum atomic E-state index is 12.3. The quantitative estimate of drug-likeness (QED) is 0.782. The van der Waals surface area contributed by atoms with Crippen molar-refractivity contribution in [2.75, 3.05) is 14.2 Å². The van der Waals surface area contributed by atoms with Gasteiger partial charge in [0.25, 0.3) is 5.91 Å². The lowest BCUT2D eigenvalue weighted by molar-refractivity contribution is -0.147. The molecule has 1 aromatic rings. The fourth-order valence-corrected chi connectivity index (χ4v) is 2.08. The summed E-state index contributed by atoms with van der Waals surface area (Å²) in [6, 6.07) is 4.31. The first kappa shape index (κ1) is 16.8. The summed E-state index contributed by atoms with van der Waals surface area (Å²) in [7, 11) is 2.73. The normalized spacial score (nSPS) is 13.1.